The van der Waals surface area contributed by atoms with Crippen LogP contribution in [0.5, 0.6) is 5.75 Å². The van der Waals surface area contributed by atoms with Crippen LogP contribution in [0.25, 0.3) is 22.6 Å². The van der Waals surface area contributed by atoms with Crippen molar-refractivity contribution in [3.63, 3.8) is 0 Å². The molecule has 2 aliphatic heterocycles. The van der Waals surface area contributed by atoms with E-state index in [-0.39, 0.29) is 12.1 Å². The molecule has 2 aliphatic rings. The highest BCUT2D eigenvalue weighted by molar-refractivity contribution is 5.71. The van der Waals surface area contributed by atoms with Crippen LogP contribution in [-0.2, 0) is 11.2 Å². The zero-order valence-electron chi connectivity index (χ0n) is 23.6. The second kappa shape index (κ2) is 12.1. The highest BCUT2D eigenvalue weighted by Crippen LogP contribution is 2.38. The smallest absolute Gasteiger partial charge is 0.160 e. The van der Waals surface area contributed by atoms with Crippen molar-refractivity contribution < 1.29 is 19.1 Å². The summed E-state index contributed by atoms with van der Waals surface area (Å²) in [5.74, 6) is 2.08. The van der Waals surface area contributed by atoms with Gasteiger partial charge in [0.1, 0.15) is 24.2 Å². The molecule has 4 heterocycles. The summed E-state index contributed by atoms with van der Waals surface area (Å²) in [5.41, 5.74) is 5.80. The first-order valence-electron chi connectivity index (χ1n) is 14.1. The molecule has 2 N–H and O–H groups in total. The Kier molecular flexibility index (Phi) is 8.61. The van der Waals surface area contributed by atoms with E-state index in [1.807, 2.05) is 38.1 Å². The predicted molar refractivity (Wildman–Crippen MR) is 150 cm³/mol. The Labute approximate surface area is 230 Å². The summed E-state index contributed by atoms with van der Waals surface area (Å²) in [7, 11) is 1.81. The number of aliphatic hydroxyl groups is 1. The summed E-state index contributed by atoms with van der Waals surface area (Å²) >= 11 is 0. The Morgan fingerprint density at radius 3 is 2.62 bits per heavy atom. The van der Waals surface area contributed by atoms with E-state index in [1.165, 1.54) is 19.5 Å². The summed E-state index contributed by atoms with van der Waals surface area (Å²) < 4.78 is 17.2. The van der Waals surface area contributed by atoms with Crippen LogP contribution in [-0.4, -0.2) is 83.3 Å². The van der Waals surface area contributed by atoms with Gasteiger partial charge in [0.2, 0.25) is 0 Å². The molecule has 0 aliphatic carbocycles. The van der Waals surface area contributed by atoms with E-state index >= 15 is 0 Å². The number of nitrogens with one attached hydrogen (secondary N) is 1. The quantitative estimate of drug-likeness (QED) is 0.378. The van der Waals surface area contributed by atoms with Gasteiger partial charge in [-0.05, 0) is 90.7 Å². The van der Waals surface area contributed by atoms with E-state index in [2.05, 4.69) is 22.3 Å². The van der Waals surface area contributed by atoms with Gasteiger partial charge in [0.25, 0.3) is 0 Å². The van der Waals surface area contributed by atoms with Crippen molar-refractivity contribution in [2.45, 2.75) is 64.5 Å². The number of likely N-dealkylation sites (N-methyl/N-ethyl adjacent to an activating group) is 1. The zero-order chi connectivity index (χ0) is 27.4. The van der Waals surface area contributed by atoms with E-state index in [4.69, 9.17) is 24.0 Å². The number of likely N-dealkylation sites (tertiary alicyclic amines) is 1. The fraction of sp³-hybridized carbons (Fsp3) is 0.567. The number of nitrogens with zero attached hydrogens (tertiary/aromatic N) is 4. The van der Waals surface area contributed by atoms with Crippen LogP contribution in [0.3, 0.4) is 0 Å². The van der Waals surface area contributed by atoms with Crippen molar-refractivity contribution in [1.29, 1.82) is 0 Å². The van der Waals surface area contributed by atoms with E-state index in [0.717, 1.165) is 78.4 Å². The minimum Gasteiger partial charge on any atom is -0.491 e. The van der Waals surface area contributed by atoms with Gasteiger partial charge in [0.05, 0.1) is 17.0 Å². The Balaban J connectivity index is 1.49. The normalized spacial score (nSPS) is 18.1. The minimum atomic E-state index is -0.587. The van der Waals surface area contributed by atoms with Gasteiger partial charge in [-0.15, -0.1) is 0 Å². The van der Waals surface area contributed by atoms with Gasteiger partial charge in [-0.2, -0.15) is 0 Å². The largest absolute Gasteiger partial charge is 0.491 e. The molecule has 2 aromatic heterocycles. The third-order valence-corrected chi connectivity index (χ3v) is 8.27. The van der Waals surface area contributed by atoms with Crippen LogP contribution in [0, 0.1) is 20.8 Å². The predicted octanol–water partition coefficient (Wildman–Crippen LogP) is 3.87. The van der Waals surface area contributed by atoms with Gasteiger partial charge in [-0.3, -0.25) is 4.90 Å². The molecule has 0 bridgehead atoms. The fourth-order valence-electron chi connectivity index (χ4n) is 5.83. The number of ether oxygens (including phenoxy) is 2. The molecule has 210 valence electrons. The minimum absolute atomic E-state index is 0.180. The van der Waals surface area contributed by atoms with Crippen molar-refractivity contribution >= 4 is 0 Å². The summed E-state index contributed by atoms with van der Waals surface area (Å²) in [4.78, 5) is 12.8. The molecule has 0 saturated carbocycles. The Morgan fingerprint density at radius 2 is 1.95 bits per heavy atom. The maximum atomic E-state index is 10.1. The molecule has 0 radical (unpaired) electrons. The summed E-state index contributed by atoms with van der Waals surface area (Å²) in [5, 5.41) is 17.2. The van der Waals surface area contributed by atoms with Crippen molar-refractivity contribution in [3.05, 3.63) is 47.0 Å². The number of benzene rings is 1. The van der Waals surface area contributed by atoms with Crippen LogP contribution in [0.4, 0.5) is 0 Å². The number of hydrogen-bond acceptors (Lipinski definition) is 9. The molecule has 5 rings (SSSR count). The first-order chi connectivity index (χ1) is 18.9. The molecule has 0 amide bonds. The summed E-state index contributed by atoms with van der Waals surface area (Å²) in [6, 6.07) is 7.77. The number of aryl methyl sites for hydroxylation is 3. The number of rotatable bonds is 11. The van der Waals surface area contributed by atoms with Crippen molar-refractivity contribution in [2.75, 3.05) is 46.5 Å². The van der Waals surface area contributed by atoms with Gasteiger partial charge in [-0.25, -0.2) is 9.97 Å². The molecule has 9 heteroatoms. The molecule has 1 atom stereocenters. The molecule has 2 fully saturated rings. The lowest BCUT2D eigenvalue weighted by molar-refractivity contribution is -0.0597. The molecule has 3 aromatic rings. The van der Waals surface area contributed by atoms with E-state index in [9.17, 15) is 5.11 Å². The molecule has 9 nitrogen and oxygen atoms in total. The van der Waals surface area contributed by atoms with Crippen LogP contribution >= 0.6 is 0 Å². The van der Waals surface area contributed by atoms with E-state index in [0.29, 0.717) is 18.1 Å². The van der Waals surface area contributed by atoms with Crippen LogP contribution in [0.15, 0.2) is 28.8 Å². The Hall–Kier alpha value is -2.85. The molecular weight excluding hydrogens is 494 g/mol. The molecule has 39 heavy (non-hydrogen) atoms. The monoisotopic (exact) mass is 535 g/mol. The van der Waals surface area contributed by atoms with Gasteiger partial charge in [0.15, 0.2) is 5.82 Å². The molecule has 1 aromatic carbocycles. The molecular formula is C30H41N5O4. The number of hydrogen-bond donors (Lipinski definition) is 2. The van der Waals surface area contributed by atoms with Gasteiger partial charge >= 0.3 is 0 Å². The SMILES string of the molecule is CNCC(O)COc1cccc(-c2nc(CCC3(N4CCC4)CCOCC3)c(C)c(-c3c(C)noc3C)n2)c1. The van der Waals surface area contributed by atoms with Crippen LogP contribution in [0.2, 0.25) is 0 Å². The topological polar surface area (TPSA) is 106 Å². The van der Waals surface area contributed by atoms with Gasteiger partial charge in [-0.1, -0.05) is 17.3 Å². The third kappa shape index (κ3) is 6.01. The van der Waals surface area contributed by atoms with E-state index in [1.54, 1.807) is 7.05 Å². The summed E-state index contributed by atoms with van der Waals surface area (Å²) in [6.45, 7) is 10.7. The Morgan fingerprint density at radius 1 is 1.15 bits per heavy atom. The van der Waals surface area contributed by atoms with E-state index < -0.39 is 6.10 Å². The molecule has 1 unspecified atom stereocenters. The average Bonchev–Trinajstić information content (AvgIpc) is 3.24. The zero-order valence-corrected chi connectivity index (χ0v) is 23.6. The number of aromatic nitrogens is 3. The third-order valence-electron chi connectivity index (χ3n) is 8.27. The maximum Gasteiger partial charge on any atom is 0.160 e. The average molecular weight is 536 g/mol. The van der Waals surface area contributed by atoms with Crippen molar-refractivity contribution in [2.24, 2.45) is 0 Å². The Bertz CT molecular complexity index is 1250. The second-order valence-corrected chi connectivity index (χ2v) is 10.9. The lowest BCUT2D eigenvalue weighted by Crippen LogP contribution is -2.58. The van der Waals surface area contributed by atoms with Crippen LogP contribution in [0.1, 0.15) is 48.4 Å². The highest BCUT2D eigenvalue weighted by atomic mass is 16.5. The fourth-order valence-corrected chi connectivity index (χ4v) is 5.83. The highest BCUT2D eigenvalue weighted by Gasteiger charge is 2.40. The first kappa shape index (κ1) is 27.7. The summed E-state index contributed by atoms with van der Waals surface area (Å²) in [6.07, 6.45) is 4.73. The second-order valence-electron chi connectivity index (χ2n) is 10.9. The lowest BCUT2D eigenvalue weighted by Gasteiger charge is -2.51. The molecule has 0 spiro atoms. The van der Waals surface area contributed by atoms with Crippen molar-refractivity contribution in [3.8, 4) is 28.4 Å². The maximum absolute atomic E-state index is 10.1. The standard InChI is InChI=1S/C30H41N5O4/c1-20-26(9-10-30(35-13-6-14-35)11-15-37-16-12-30)32-29(33-28(20)27-21(2)34-39-22(27)3)23-7-5-8-25(17-23)38-19-24(36)18-31-4/h5,7-8,17,24,31,36H,6,9-16,18-19H2,1-4H3. The number of aliphatic hydroxyl groups excluding tert-OH is 1. The van der Waals surface area contributed by atoms with Gasteiger partial charge < -0.3 is 24.4 Å². The lowest BCUT2D eigenvalue weighted by atomic mass is 9.80. The molecule has 2 saturated heterocycles. The van der Waals surface area contributed by atoms with Gasteiger partial charge in [0, 0.05) is 36.6 Å². The van der Waals surface area contributed by atoms with Crippen molar-refractivity contribution in [1.82, 2.24) is 25.3 Å². The first-order valence-corrected chi connectivity index (χ1v) is 14.1. The van der Waals surface area contributed by atoms with Crippen LogP contribution < -0.4 is 10.1 Å².